The minimum absolute atomic E-state index is 0.125. The number of carbonyl (C=O) groups is 2. The van der Waals surface area contributed by atoms with Crippen LogP contribution in [0, 0.1) is 17.2 Å². The van der Waals surface area contributed by atoms with Crippen LogP contribution in [-0.4, -0.2) is 46.5 Å². The molecular formula is C22H29N3O3. The van der Waals surface area contributed by atoms with Gasteiger partial charge in [-0.1, -0.05) is 12.1 Å². The molecule has 1 aromatic rings. The molecule has 0 unspecified atom stereocenters. The summed E-state index contributed by atoms with van der Waals surface area (Å²) < 4.78 is 5.48. The maximum Gasteiger partial charge on any atom is 0.410 e. The van der Waals surface area contributed by atoms with Crippen molar-refractivity contribution < 1.29 is 14.3 Å². The van der Waals surface area contributed by atoms with Gasteiger partial charge in [-0.2, -0.15) is 5.26 Å². The molecule has 0 radical (unpaired) electrons. The normalized spacial score (nSPS) is 19.6. The Morgan fingerprint density at radius 2 is 1.89 bits per heavy atom. The predicted molar refractivity (Wildman–Crippen MR) is 105 cm³/mol. The SMILES string of the molecule is CC(C)(C)OC(=O)N1CCC[C@H](C(=O)N(Cc2ccc(C#N)cc2)C2CC2)C1. The fraction of sp³-hybridized carbons (Fsp3) is 0.591. The van der Waals surface area contributed by atoms with Crippen LogP contribution in [0.4, 0.5) is 4.79 Å². The van der Waals surface area contributed by atoms with Crippen LogP contribution in [-0.2, 0) is 16.1 Å². The van der Waals surface area contributed by atoms with Gasteiger partial charge in [0.25, 0.3) is 0 Å². The lowest BCUT2D eigenvalue weighted by molar-refractivity contribution is -0.138. The first-order chi connectivity index (χ1) is 13.3. The van der Waals surface area contributed by atoms with E-state index in [2.05, 4.69) is 6.07 Å². The second-order valence-electron chi connectivity index (χ2n) is 8.77. The Morgan fingerprint density at radius 1 is 1.21 bits per heavy atom. The Balaban J connectivity index is 1.65. The minimum atomic E-state index is -0.538. The van der Waals surface area contributed by atoms with Crippen molar-refractivity contribution in [3.05, 3.63) is 35.4 Å². The Bertz CT molecular complexity index is 757. The van der Waals surface area contributed by atoms with Gasteiger partial charge in [0.2, 0.25) is 5.91 Å². The molecule has 0 N–H and O–H groups in total. The van der Waals surface area contributed by atoms with Crippen LogP contribution < -0.4 is 0 Å². The fourth-order valence-electron chi connectivity index (χ4n) is 3.56. The predicted octanol–water partition coefficient (Wildman–Crippen LogP) is 3.70. The number of rotatable bonds is 4. The molecule has 0 spiro atoms. The first-order valence-electron chi connectivity index (χ1n) is 10.0. The number of hydrogen-bond donors (Lipinski definition) is 0. The molecule has 1 saturated carbocycles. The van der Waals surface area contributed by atoms with Crippen molar-refractivity contribution in [1.29, 1.82) is 5.26 Å². The van der Waals surface area contributed by atoms with Gasteiger partial charge in [0.05, 0.1) is 17.6 Å². The molecule has 2 amide bonds. The van der Waals surface area contributed by atoms with Gasteiger partial charge in [-0.3, -0.25) is 4.79 Å². The van der Waals surface area contributed by atoms with E-state index in [4.69, 9.17) is 10.00 Å². The van der Waals surface area contributed by atoms with Gasteiger partial charge in [0, 0.05) is 25.7 Å². The average Bonchev–Trinajstić information content (AvgIpc) is 3.50. The first kappa shape index (κ1) is 20.2. The van der Waals surface area contributed by atoms with Crippen molar-refractivity contribution in [1.82, 2.24) is 9.80 Å². The van der Waals surface area contributed by atoms with Crippen LogP contribution in [0.3, 0.4) is 0 Å². The second-order valence-corrected chi connectivity index (χ2v) is 8.77. The summed E-state index contributed by atoms with van der Waals surface area (Å²) in [5.41, 5.74) is 1.11. The lowest BCUT2D eigenvalue weighted by atomic mass is 9.96. The molecule has 1 heterocycles. The van der Waals surface area contributed by atoms with E-state index in [1.54, 1.807) is 17.0 Å². The third-order valence-electron chi connectivity index (χ3n) is 5.13. The van der Waals surface area contributed by atoms with E-state index < -0.39 is 5.60 Å². The first-order valence-corrected chi connectivity index (χ1v) is 10.0. The zero-order chi connectivity index (χ0) is 20.3. The summed E-state index contributed by atoms with van der Waals surface area (Å²) in [6.45, 7) is 7.16. The summed E-state index contributed by atoms with van der Waals surface area (Å²) >= 11 is 0. The number of carbonyl (C=O) groups excluding carboxylic acids is 2. The number of nitriles is 1. The maximum atomic E-state index is 13.3. The van der Waals surface area contributed by atoms with Crippen LogP contribution in [0.5, 0.6) is 0 Å². The minimum Gasteiger partial charge on any atom is -0.444 e. The Hall–Kier alpha value is -2.55. The summed E-state index contributed by atoms with van der Waals surface area (Å²) in [6, 6.07) is 9.81. The Labute approximate surface area is 167 Å². The van der Waals surface area contributed by atoms with E-state index in [0.29, 0.717) is 31.2 Å². The van der Waals surface area contributed by atoms with Gasteiger partial charge < -0.3 is 14.5 Å². The maximum absolute atomic E-state index is 13.3. The molecule has 1 saturated heterocycles. The molecule has 28 heavy (non-hydrogen) atoms. The van der Waals surface area contributed by atoms with Crippen molar-refractivity contribution in [2.24, 2.45) is 5.92 Å². The van der Waals surface area contributed by atoms with Crippen molar-refractivity contribution >= 4 is 12.0 Å². The molecule has 0 bridgehead atoms. The quantitative estimate of drug-likeness (QED) is 0.795. The van der Waals surface area contributed by atoms with Crippen LogP contribution in [0.1, 0.15) is 57.6 Å². The molecule has 2 aliphatic rings. The molecule has 150 valence electrons. The van der Waals surface area contributed by atoms with Gasteiger partial charge >= 0.3 is 6.09 Å². The third kappa shape index (κ3) is 5.25. The lowest BCUT2D eigenvalue weighted by Gasteiger charge is -2.36. The number of piperidine rings is 1. The lowest BCUT2D eigenvalue weighted by Crippen LogP contribution is -2.48. The van der Waals surface area contributed by atoms with Crippen LogP contribution in [0.15, 0.2) is 24.3 Å². The fourth-order valence-corrected chi connectivity index (χ4v) is 3.56. The average molecular weight is 383 g/mol. The highest BCUT2D eigenvalue weighted by Crippen LogP contribution is 2.31. The smallest absolute Gasteiger partial charge is 0.410 e. The molecule has 6 nitrogen and oxygen atoms in total. The van der Waals surface area contributed by atoms with Gasteiger partial charge in [-0.15, -0.1) is 0 Å². The van der Waals surface area contributed by atoms with E-state index in [9.17, 15) is 9.59 Å². The molecule has 1 aromatic carbocycles. The number of benzene rings is 1. The highest BCUT2D eigenvalue weighted by Gasteiger charge is 2.38. The molecule has 1 atom stereocenters. The number of nitrogens with zero attached hydrogens (tertiary/aromatic N) is 3. The van der Waals surface area contributed by atoms with Gasteiger partial charge in [-0.05, 0) is 64.2 Å². The molecule has 0 aromatic heterocycles. The van der Waals surface area contributed by atoms with E-state index in [1.165, 1.54) is 0 Å². The summed E-state index contributed by atoms with van der Waals surface area (Å²) in [7, 11) is 0. The second kappa shape index (κ2) is 8.22. The molecule has 2 fully saturated rings. The summed E-state index contributed by atoms with van der Waals surface area (Å²) in [5.74, 6) is -0.0552. The third-order valence-corrected chi connectivity index (χ3v) is 5.13. The van der Waals surface area contributed by atoms with Crippen LogP contribution in [0.25, 0.3) is 0 Å². The Morgan fingerprint density at radius 3 is 2.46 bits per heavy atom. The van der Waals surface area contributed by atoms with Gasteiger partial charge in [0.1, 0.15) is 5.60 Å². The highest BCUT2D eigenvalue weighted by molar-refractivity contribution is 5.81. The summed E-state index contributed by atoms with van der Waals surface area (Å²) in [4.78, 5) is 29.3. The number of ether oxygens (including phenoxy) is 1. The van der Waals surface area contributed by atoms with Crippen molar-refractivity contribution in [2.45, 2.75) is 64.6 Å². The highest BCUT2D eigenvalue weighted by atomic mass is 16.6. The number of hydrogen-bond acceptors (Lipinski definition) is 4. The summed E-state index contributed by atoms with van der Waals surface area (Å²) in [6.07, 6.45) is 3.34. The molecule has 1 aliphatic heterocycles. The zero-order valence-electron chi connectivity index (χ0n) is 17.0. The van der Waals surface area contributed by atoms with E-state index in [1.807, 2.05) is 37.8 Å². The van der Waals surface area contributed by atoms with E-state index >= 15 is 0 Å². The van der Waals surface area contributed by atoms with Crippen LogP contribution in [0.2, 0.25) is 0 Å². The standard InChI is InChI=1S/C22H29N3O3/c1-22(2,3)28-21(27)24-12-4-5-18(15-24)20(26)25(19-10-11-19)14-17-8-6-16(13-23)7-9-17/h6-9,18-19H,4-5,10-12,14-15H2,1-3H3/t18-/m0/s1. The molecule has 1 aliphatic carbocycles. The van der Waals surface area contributed by atoms with E-state index in [-0.39, 0.29) is 17.9 Å². The van der Waals surface area contributed by atoms with E-state index in [0.717, 1.165) is 31.2 Å². The van der Waals surface area contributed by atoms with Crippen molar-refractivity contribution in [3.8, 4) is 6.07 Å². The monoisotopic (exact) mass is 383 g/mol. The number of amides is 2. The topological polar surface area (TPSA) is 73.6 Å². The largest absolute Gasteiger partial charge is 0.444 e. The van der Waals surface area contributed by atoms with Crippen molar-refractivity contribution in [2.75, 3.05) is 13.1 Å². The molecule has 6 heteroatoms. The summed E-state index contributed by atoms with van der Waals surface area (Å²) in [5, 5.41) is 8.95. The molecular weight excluding hydrogens is 354 g/mol. The number of likely N-dealkylation sites (tertiary alicyclic amines) is 1. The van der Waals surface area contributed by atoms with Crippen molar-refractivity contribution in [3.63, 3.8) is 0 Å². The van der Waals surface area contributed by atoms with Gasteiger partial charge in [-0.25, -0.2) is 4.79 Å². The molecule has 3 rings (SSSR count). The zero-order valence-corrected chi connectivity index (χ0v) is 17.0. The Kier molecular flexibility index (Phi) is 5.93. The van der Waals surface area contributed by atoms with Gasteiger partial charge in [0.15, 0.2) is 0 Å². The van der Waals surface area contributed by atoms with Crippen LogP contribution >= 0.6 is 0 Å².